The van der Waals surface area contributed by atoms with Crippen molar-refractivity contribution >= 4 is 17.3 Å². The van der Waals surface area contributed by atoms with Crippen molar-refractivity contribution < 1.29 is 9.84 Å². The van der Waals surface area contributed by atoms with Gasteiger partial charge in [-0.15, -0.1) is 5.10 Å². The Bertz CT molecular complexity index is 1130. The van der Waals surface area contributed by atoms with E-state index in [4.69, 9.17) is 9.84 Å². The van der Waals surface area contributed by atoms with E-state index in [0.717, 1.165) is 74.3 Å². The summed E-state index contributed by atoms with van der Waals surface area (Å²) in [5.41, 5.74) is 4.43. The molecular weight excluding hydrogens is 442 g/mol. The maximum Gasteiger partial charge on any atom is 0.241 e. The number of aliphatic hydroxyl groups excluding tert-OH is 1. The summed E-state index contributed by atoms with van der Waals surface area (Å²) in [5, 5.41) is 18.3. The minimum absolute atomic E-state index is 0.104. The lowest BCUT2D eigenvalue weighted by molar-refractivity contribution is 0.121. The first kappa shape index (κ1) is 24.0. The molecule has 0 radical (unpaired) electrons. The van der Waals surface area contributed by atoms with Crippen LogP contribution in [0.15, 0.2) is 30.6 Å². The number of piperazine rings is 1. The molecule has 188 valence electrons. The van der Waals surface area contributed by atoms with Gasteiger partial charge in [0.25, 0.3) is 0 Å². The molecule has 3 aromatic rings. The molecule has 1 saturated heterocycles. The number of hydrogen-bond acceptors (Lipinski definition) is 8. The van der Waals surface area contributed by atoms with Crippen molar-refractivity contribution in [2.75, 3.05) is 57.2 Å². The Balaban J connectivity index is 1.52. The summed E-state index contributed by atoms with van der Waals surface area (Å²) in [5.74, 6) is 1.97. The van der Waals surface area contributed by atoms with Gasteiger partial charge in [0.15, 0.2) is 0 Å². The third-order valence-corrected chi connectivity index (χ3v) is 7.34. The van der Waals surface area contributed by atoms with E-state index in [9.17, 15) is 5.11 Å². The van der Waals surface area contributed by atoms with E-state index < -0.39 is 0 Å². The van der Waals surface area contributed by atoms with Crippen molar-refractivity contribution in [1.82, 2.24) is 24.5 Å². The second-order valence-corrected chi connectivity index (χ2v) is 10.1. The van der Waals surface area contributed by atoms with Crippen molar-refractivity contribution in [3.63, 3.8) is 0 Å². The summed E-state index contributed by atoms with van der Waals surface area (Å²) < 4.78 is 7.32. The molecule has 0 amide bonds. The van der Waals surface area contributed by atoms with E-state index in [1.807, 2.05) is 12.4 Å². The van der Waals surface area contributed by atoms with Gasteiger partial charge in [0.05, 0.1) is 24.4 Å². The van der Waals surface area contributed by atoms with Crippen LogP contribution in [0.2, 0.25) is 0 Å². The maximum absolute atomic E-state index is 10.1. The first-order valence-electron chi connectivity index (χ1n) is 12.7. The van der Waals surface area contributed by atoms with Gasteiger partial charge in [0.1, 0.15) is 5.82 Å². The molecule has 0 bridgehead atoms. The van der Waals surface area contributed by atoms with Gasteiger partial charge in [0, 0.05) is 62.7 Å². The molecule has 1 aliphatic heterocycles. The van der Waals surface area contributed by atoms with Crippen LogP contribution in [0.5, 0.6) is 0 Å². The Morgan fingerprint density at radius 1 is 1.11 bits per heavy atom. The molecule has 3 aromatic heterocycles. The smallest absolute Gasteiger partial charge is 0.241 e. The summed E-state index contributed by atoms with van der Waals surface area (Å²) in [4.78, 5) is 14.0. The highest BCUT2D eigenvalue weighted by atomic mass is 16.5. The summed E-state index contributed by atoms with van der Waals surface area (Å²) in [6.07, 6.45) is 7.22. The number of pyridine rings is 1. The van der Waals surface area contributed by atoms with Gasteiger partial charge in [-0.2, -0.15) is 0 Å². The zero-order valence-electron chi connectivity index (χ0n) is 21.0. The normalized spacial score (nSPS) is 22.5. The van der Waals surface area contributed by atoms with Gasteiger partial charge in [-0.25, -0.2) is 14.5 Å². The number of anilines is 2. The molecule has 1 atom stereocenters. The molecule has 5 rings (SSSR count). The molecule has 9 nitrogen and oxygen atoms in total. The van der Waals surface area contributed by atoms with Crippen molar-refractivity contribution in [3.05, 3.63) is 36.3 Å². The highest BCUT2D eigenvalue weighted by molar-refractivity contribution is 5.82. The van der Waals surface area contributed by atoms with Crippen molar-refractivity contribution in [2.24, 2.45) is 0 Å². The average molecular weight is 480 g/mol. The van der Waals surface area contributed by atoms with E-state index in [1.165, 1.54) is 5.69 Å². The van der Waals surface area contributed by atoms with Gasteiger partial charge >= 0.3 is 0 Å². The molecule has 0 unspecified atom stereocenters. The fraction of sp³-hybridized carbons (Fsp3) is 0.577. The highest BCUT2D eigenvalue weighted by Gasteiger charge is 2.26. The van der Waals surface area contributed by atoms with E-state index in [2.05, 4.69) is 61.8 Å². The molecule has 4 heterocycles. The van der Waals surface area contributed by atoms with Crippen LogP contribution in [0.25, 0.3) is 16.6 Å². The molecule has 35 heavy (non-hydrogen) atoms. The van der Waals surface area contributed by atoms with Gasteiger partial charge in [-0.3, -0.25) is 0 Å². The molecular formula is C26H37N7O2. The number of aromatic nitrogens is 4. The summed E-state index contributed by atoms with van der Waals surface area (Å²) >= 11 is 0. The largest absolute Gasteiger partial charge is 0.393 e. The van der Waals surface area contributed by atoms with Gasteiger partial charge < -0.3 is 25.0 Å². The second-order valence-electron chi connectivity index (χ2n) is 10.1. The second kappa shape index (κ2) is 10.5. The minimum atomic E-state index is -0.190. The quantitative estimate of drug-likeness (QED) is 0.535. The molecule has 9 heteroatoms. The van der Waals surface area contributed by atoms with Crippen molar-refractivity contribution in [2.45, 2.75) is 50.7 Å². The Kier molecular flexibility index (Phi) is 7.17. The fourth-order valence-electron chi connectivity index (χ4n) is 5.28. The first-order valence-corrected chi connectivity index (χ1v) is 12.7. The third-order valence-electron chi connectivity index (χ3n) is 7.34. The van der Waals surface area contributed by atoms with Crippen molar-refractivity contribution in [1.29, 1.82) is 0 Å². The lowest BCUT2D eigenvalue weighted by Crippen LogP contribution is -2.44. The summed E-state index contributed by atoms with van der Waals surface area (Å²) in [6, 6.07) is 6.66. The third kappa shape index (κ3) is 5.27. The van der Waals surface area contributed by atoms with Crippen LogP contribution in [0.3, 0.4) is 0 Å². The van der Waals surface area contributed by atoms with Gasteiger partial charge in [0.2, 0.25) is 5.95 Å². The SMILES string of the molecule is COC[C@H](C)Nc1ncc2c(-c3ccnc(N4CCN(C)CC4)c3)cc(C3CCC(O)CC3)n2n1. The van der Waals surface area contributed by atoms with Crippen LogP contribution in [0.4, 0.5) is 11.8 Å². The zero-order valence-corrected chi connectivity index (χ0v) is 21.0. The highest BCUT2D eigenvalue weighted by Crippen LogP contribution is 2.38. The van der Waals surface area contributed by atoms with Crippen LogP contribution >= 0.6 is 0 Å². The van der Waals surface area contributed by atoms with Crippen LogP contribution in [0, 0.1) is 0 Å². The predicted molar refractivity (Wildman–Crippen MR) is 138 cm³/mol. The summed E-state index contributed by atoms with van der Waals surface area (Å²) in [7, 11) is 3.86. The molecule has 0 aromatic carbocycles. The van der Waals surface area contributed by atoms with E-state index >= 15 is 0 Å². The van der Waals surface area contributed by atoms with Crippen LogP contribution in [0.1, 0.15) is 44.2 Å². The first-order chi connectivity index (χ1) is 17.0. The van der Waals surface area contributed by atoms with Crippen LogP contribution in [-0.4, -0.2) is 88.7 Å². The maximum atomic E-state index is 10.1. The van der Waals surface area contributed by atoms with Crippen molar-refractivity contribution in [3.8, 4) is 11.1 Å². The number of nitrogens with one attached hydrogen (secondary N) is 1. The number of likely N-dealkylation sites (N-methyl/N-ethyl adjacent to an activating group) is 1. The Morgan fingerprint density at radius 2 is 1.89 bits per heavy atom. The topological polar surface area (TPSA) is 91.0 Å². The number of ether oxygens (including phenoxy) is 1. The van der Waals surface area contributed by atoms with Gasteiger partial charge in [-0.05, 0) is 63.4 Å². The molecule has 2 N–H and O–H groups in total. The Labute approximate surface area is 207 Å². The number of methoxy groups -OCH3 is 1. The predicted octanol–water partition coefficient (Wildman–Crippen LogP) is 3.01. The van der Waals surface area contributed by atoms with Crippen LogP contribution in [-0.2, 0) is 4.74 Å². The Morgan fingerprint density at radius 3 is 2.63 bits per heavy atom. The number of aliphatic hydroxyl groups is 1. The lowest BCUT2D eigenvalue weighted by atomic mass is 9.85. The fourth-order valence-corrected chi connectivity index (χ4v) is 5.28. The van der Waals surface area contributed by atoms with E-state index in [-0.39, 0.29) is 12.1 Å². The average Bonchev–Trinajstić information content (AvgIpc) is 3.24. The zero-order chi connectivity index (χ0) is 24.4. The minimum Gasteiger partial charge on any atom is -0.393 e. The standard InChI is InChI=1S/C26H37N7O2/c1-18(17-35-3)29-26-28-16-24-22(15-23(33(24)30-26)19-4-6-21(34)7-5-19)20-8-9-27-25(14-20)32-12-10-31(2)11-13-32/h8-9,14-16,18-19,21,34H,4-7,10-13,17H2,1-3H3,(H,29,30)/t18-,19?,21?/m0/s1. The number of fused-ring (bicyclic) bond motifs is 1. The summed E-state index contributed by atoms with van der Waals surface area (Å²) in [6.45, 7) is 6.69. The van der Waals surface area contributed by atoms with E-state index in [1.54, 1.807) is 7.11 Å². The number of rotatable bonds is 7. The lowest BCUT2D eigenvalue weighted by Gasteiger charge is -2.33. The monoisotopic (exact) mass is 479 g/mol. The van der Waals surface area contributed by atoms with Gasteiger partial charge in [-0.1, -0.05) is 0 Å². The molecule has 2 aliphatic rings. The molecule has 2 fully saturated rings. The van der Waals surface area contributed by atoms with Crippen LogP contribution < -0.4 is 10.2 Å². The number of nitrogens with zero attached hydrogens (tertiary/aromatic N) is 6. The van der Waals surface area contributed by atoms with E-state index in [0.29, 0.717) is 18.5 Å². The molecule has 1 aliphatic carbocycles. The molecule has 0 spiro atoms. The number of hydrogen-bond donors (Lipinski definition) is 2. The molecule has 1 saturated carbocycles. The Hall–Kier alpha value is -2.75.